The Labute approximate surface area is 115 Å². The number of aromatic nitrogens is 2. The second kappa shape index (κ2) is 4.63. The van der Waals surface area contributed by atoms with E-state index in [0.717, 1.165) is 0 Å². The van der Waals surface area contributed by atoms with Crippen LogP contribution >= 0.6 is 0 Å². The molecular formula is C14H26N4O. The van der Waals surface area contributed by atoms with E-state index in [1.807, 2.05) is 34.6 Å². The first-order chi connectivity index (χ1) is 8.33. The van der Waals surface area contributed by atoms with E-state index in [9.17, 15) is 5.11 Å². The van der Waals surface area contributed by atoms with Crippen LogP contribution in [-0.4, -0.2) is 26.2 Å². The Bertz CT molecular complexity index is 455. The molecule has 5 nitrogen and oxygen atoms in total. The molecule has 108 valence electrons. The predicted octanol–water partition coefficient (Wildman–Crippen LogP) is 2.32. The van der Waals surface area contributed by atoms with Crippen LogP contribution in [0.25, 0.3) is 0 Å². The largest absolute Gasteiger partial charge is 0.388 e. The number of nitrogens with two attached hydrogens (primary N) is 1. The van der Waals surface area contributed by atoms with Crippen LogP contribution in [0.5, 0.6) is 0 Å². The van der Waals surface area contributed by atoms with Crippen molar-refractivity contribution in [3.63, 3.8) is 0 Å². The first-order valence-electron chi connectivity index (χ1n) is 6.48. The van der Waals surface area contributed by atoms with E-state index >= 15 is 0 Å². The summed E-state index contributed by atoms with van der Waals surface area (Å²) in [5, 5.41) is 13.4. The van der Waals surface area contributed by atoms with Gasteiger partial charge in [0.25, 0.3) is 0 Å². The van der Waals surface area contributed by atoms with Gasteiger partial charge in [0, 0.05) is 11.5 Å². The molecule has 1 heterocycles. The predicted molar refractivity (Wildman–Crippen MR) is 79.1 cm³/mol. The van der Waals surface area contributed by atoms with Crippen LogP contribution in [-0.2, 0) is 5.41 Å². The standard InChI is InChI=1S/C14H26N4O/c1-12(2,3)11-16-9(15)8-10(17-11)18-13(4,5)14(6,7)19/h8,19H,1-7H3,(H3,15,16,17,18). The van der Waals surface area contributed by atoms with Gasteiger partial charge in [-0.15, -0.1) is 0 Å². The Kier molecular flexibility index (Phi) is 3.83. The smallest absolute Gasteiger partial charge is 0.138 e. The third-order valence-corrected chi connectivity index (χ3v) is 3.39. The van der Waals surface area contributed by atoms with Crippen molar-refractivity contribution in [1.29, 1.82) is 0 Å². The van der Waals surface area contributed by atoms with Crippen molar-refractivity contribution in [2.24, 2.45) is 0 Å². The van der Waals surface area contributed by atoms with Crippen molar-refractivity contribution >= 4 is 11.6 Å². The van der Waals surface area contributed by atoms with Gasteiger partial charge in [-0.3, -0.25) is 0 Å². The molecule has 0 fully saturated rings. The molecule has 0 saturated heterocycles. The number of hydrogen-bond donors (Lipinski definition) is 3. The normalized spacial score (nSPS) is 13.5. The first kappa shape index (κ1) is 15.7. The maximum Gasteiger partial charge on any atom is 0.138 e. The van der Waals surface area contributed by atoms with Gasteiger partial charge in [-0.1, -0.05) is 20.8 Å². The molecule has 19 heavy (non-hydrogen) atoms. The summed E-state index contributed by atoms with van der Waals surface area (Å²) in [7, 11) is 0. The molecular weight excluding hydrogens is 240 g/mol. The van der Waals surface area contributed by atoms with E-state index in [1.165, 1.54) is 0 Å². The van der Waals surface area contributed by atoms with Gasteiger partial charge >= 0.3 is 0 Å². The third-order valence-electron chi connectivity index (χ3n) is 3.39. The number of nitrogens with one attached hydrogen (secondary N) is 1. The number of nitrogen functional groups attached to an aromatic ring is 1. The van der Waals surface area contributed by atoms with Gasteiger partial charge in [0.15, 0.2) is 0 Å². The highest BCUT2D eigenvalue weighted by Gasteiger charge is 2.35. The van der Waals surface area contributed by atoms with E-state index in [2.05, 4.69) is 15.3 Å². The zero-order chi connectivity index (χ0) is 15.1. The molecule has 0 radical (unpaired) electrons. The molecule has 4 N–H and O–H groups in total. The summed E-state index contributed by atoms with van der Waals surface area (Å²) >= 11 is 0. The molecule has 5 heteroatoms. The monoisotopic (exact) mass is 266 g/mol. The van der Waals surface area contributed by atoms with Crippen molar-refractivity contribution in [2.45, 2.75) is 65.0 Å². The average molecular weight is 266 g/mol. The molecule has 0 atom stereocenters. The van der Waals surface area contributed by atoms with Crippen LogP contribution in [0.1, 0.15) is 54.3 Å². The van der Waals surface area contributed by atoms with Gasteiger partial charge in [-0.05, 0) is 27.7 Å². The third kappa shape index (κ3) is 3.80. The quantitative estimate of drug-likeness (QED) is 0.782. The summed E-state index contributed by atoms with van der Waals surface area (Å²) in [6, 6.07) is 1.68. The Hall–Kier alpha value is -1.36. The lowest BCUT2D eigenvalue weighted by Crippen LogP contribution is -2.51. The fraction of sp³-hybridized carbons (Fsp3) is 0.714. The molecule has 0 spiro atoms. The topological polar surface area (TPSA) is 84.1 Å². The summed E-state index contributed by atoms with van der Waals surface area (Å²) in [4.78, 5) is 8.75. The van der Waals surface area contributed by atoms with Crippen LogP contribution in [0.3, 0.4) is 0 Å². The second-order valence-corrected chi connectivity index (χ2v) is 7.06. The Balaban J connectivity index is 3.13. The molecule has 0 amide bonds. The molecule has 1 aromatic heterocycles. The Morgan fingerprint density at radius 3 is 2.00 bits per heavy atom. The van der Waals surface area contributed by atoms with E-state index in [0.29, 0.717) is 17.5 Å². The molecule has 1 rings (SSSR count). The molecule has 0 unspecified atom stereocenters. The van der Waals surface area contributed by atoms with Crippen LogP contribution in [0.15, 0.2) is 6.07 Å². The highest BCUT2D eigenvalue weighted by Crippen LogP contribution is 2.27. The number of rotatable bonds is 3. The van der Waals surface area contributed by atoms with Crippen molar-refractivity contribution < 1.29 is 5.11 Å². The van der Waals surface area contributed by atoms with Crippen LogP contribution < -0.4 is 11.1 Å². The number of aliphatic hydroxyl groups is 1. The fourth-order valence-electron chi connectivity index (χ4n) is 1.34. The maximum atomic E-state index is 10.2. The van der Waals surface area contributed by atoms with E-state index in [-0.39, 0.29) is 5.41 Å². The zero-order valence-electron chi connectivity index (χ0n) is 13.0. The summed E-state index contributed by atoms with van der Waals surface area (Å²) in [6.07, 6.45) is 0. The van der Waals surface area contributed by atoms with E-state index in [1.54, 1.807) is 19.9 Å². The average Bonchev–Trinajstić information content (AvgIpc) is 2.12. The van der Waals surface area contributed by atoms with Gasteiger partial charge < -0.3 is 16.2 Å². The lowest BCUT2D eigenvalue weighted by atomic mass is 9.86. The minimum atomic E-state index is -0.894. The van der Waals surface area contributed by atoms with Gasteiger partial charge in [0.2, 0.25) is 0 Å². The number of anilines is 2. The summed E-state index contributed by atoms with van der Waals surface area (Å²) in [5.41, 5.74) is 4.22. The van der Waals surface area contributed by atoms with Crippen molar-refractivity contribution in [3.05, 3.63) is 11.9 Å². The molecule has 1 aromatic rings. The summed E-state index contributed by atoms with van der Waals surface area (Å²) in [5.74, 6) is 1.74. The van der Waals surface area contributed by atoms with Crippen LogP contribution in [0, 0.1) is 0 Å². The van der Waals surface area contributed by atoms with Gasteiger partial charge in [0.1, 0.15) is 17.5 Å². The van der Waals surface area contributed by atoms with E-state index < -0.39 is 11.1 Å². The minimum Gasteiger partial charge on any atom is -0.388 e. The van der Waals surface area contributed by atoms with Crippen molar-refractivity contribution in [2.75, 3.05) is 11.1 Å². The zero-order valence-corrected chi connectivity index (χ0v) is 13.0. The second-order valence-electron chi connectivity index (χ2n) is 7.06. The Morgan fingerprint density at radius 1 is 1.05 bits per heavy atom. The van der Waals surface area contributed by atoms with E-state index in [4.69, 9.17) is 5.73 Å². The molecule has 0 aliphatic carbocycles. The van der Waals surface area contributed by atoms with Crippen molar-refractivity contribution in [1.82, 2.24) is 9.97 Å². The first-order valence-corrected chi connectivity index (χ1v) is 6.48. The number of nitrogens with zero attached hydrogens (tertiary/aromatic N) is 2. The van der Waals surface area contributed by atoms with Gasteiger partial charge in [0.05, 0.1) is 11.1 Å². The molecule has 0 bridgehead atoms. The lowest BCUT2D eigenvalue weighted by molar-refractivity contribution is 0.0238. The number of hydrogen-bond acceptors (Lipinski definition) is 5. The summed E-state index contributed by atoms with van der Waals surface area (Å²) in [6.45, 7) is 13.5. The Morgan fingerprint density at radius 2 is 1.58 bits per heavy atom. The van der Waals surface area contributed by atoms with Gasteiger partial charge in [-0.2, -0.15) is 0 Å². The maximum absolute atomic E-state index is 10.2. The molecule has 0 saturated carbocycles. The van der Waals surface area contributed by atoms with Gasteiger partial charge in [-0.25, -0.2) is 9.97 Å². The molecule has 0 aliphatic rings. The molecule has 0 aromatic carbocycles. The fourth-order valence-corrected chi connectivity index (χ4v) is 1.34. The van der Waals surface area contributed by atoms with Crippen LogP contribution in [0.4, 0.5) is 11.6 Å². The highest BCUT2D eigenvalue weighted by atomic mass is 16.3. The SMILES string of the molecule is CC(C)(C)c1nc(N)cc(NC(C)(C)C(C)(C)O)n1. The highest BCUT2D eigenvalue weighted by molar-refractivity contribution is 5.47. The van der Waals surface area contributed by atoms with Crippen molar-refractivity contribution in [3.8, 4) is 0 Å². The minimum absolute atomic E-state index is 0.176. The lowest BCUT2D eigenvalue weighted by Gasteiger charge is -2.38. The summed E-state index contributed by atoms with van der Waals surface area (Å²) < 4.78 is 0. The molecule has 0 aliphatic heterocycles. The van der Waals surface area contributed by atoms with Crippen LogP contribution in [0.2, 0.25) is 0 Å².